The predicted molar refractivity (Wildman–Crippen MR) is 137 cm³/mol. The number of ketones is 1. The zero-order valence-electron chi connectivity index (χ0n) is 22.3. The molecule has 2 fully saturated rings. The van der Waals surface area contributed by atoms with Crippen LogP contribution in [-0.2, 0) is 19.1 Å². The summed E-state index contributed by atoms with van der Waals surface area (Å²) in [5.41, 5.74) is 1.69. The molecular formula is C27H33N3O8. The number of aliphatic hydroxyl groups is 1. The Kier molecular flexibility index (Phi) is 8.08. The van der Waals surface area contributed by atoms with E-state index in [1.807, 2.05) is 0 Å². The maximum atomic E-state index is 13.5. The van der Waals surface area contributed by atoms with E-state index in [2.05, 4.69) is 9.88 Å². The standard InChI is InChI=1S/C27H33N3O8/c1-15-20(16(2)28-22(15)27(34)37-5)24(31)21-23(18-14-17(35-3)6-7-19(18)36-4)30(26(33)25(21)32)9-8-29-10-12-38-13-11-29/h6-7,14,23,28,31H,8-13H2,1-5H3/b24-21+. The number of nitrogens with one attached hydrogen (secondary N) is 1. The maximum Gasteiger partial charge on any atom is 0.354 e. The zero-order valence-corrected chi connectivity index (χ0v) is 22.3. The Balaban J connectivity index is 1.88. The van der Waals surface area contributed by atoms with Gasteiger partial charge in [0, 0.05) is 43.0 Å². The summed E-state index contributed by atoms with van der Waals surface area (Å²) >= 11 is 0. The van der Waals surface area contributed by atoms with Gasteiger partial charge in [-0.3, -0.25) is 14.5 Å². The van der Waals surface area contributed by atoms with E-state index in [1.165, 1.54) is 26.2 Å². The number of aromatic amines is 1. The van der Waals surface area contributed by atoms with Crippen molar-refractivity contribution < 1.29 is 38.4 Å². The van der Waals surface area contributed by atoms with Gasteiger partial charge in [0.1, 0.15) is 23.0 Å². The first-order valence-corrected chi connectivity index (χ1v) is 12.3. The van der Waals surface area contributed by atoms with Crippen molar-refractivity contribution in [3.63, 3.8) is 0 Å². The number of ether oxygens (including phenoxy) is 4. The van der Waals surface area contributed by atoms with Gasteiger partial charge in [0.15, 0.2) is 0 Å². The van der Waals surface area contributed by atoms with Crippen molar-refractivity contribution >= 4 is 23.4 Å². The lowest BCUT2D eigenvalue weighted by atomic mass is 9.93. The highest BCUT2D eigenvalue weighted by Crippen LogP contribution is 2.44. The molecule has 1 aromatic heterocycles. The van der Waals surface area contributed by atoms with E-state index in [1.54, 1.807) is 32.0 Å². The van der Waals surface area contributed by atoms with Crippen LogP contribution in [0.4, 0.5) is 0 Å². The summed E-state index contributed by atoms with van der Waals surface area (Å²) in [4.78, 5) is 45.8. The van der Waals surface area contributed by atoms with E-state index in [0.29, 0.717) is 48.1 Å². The molecule has 1 aromatic carbocycles. The van der Waals surface area contributed by atoms with Crippen LogP contribution in [0.2, 0.25) is 0 Å². The third-order valence-corrected chi connectivity index (χ3v) is 7.10. The third kappa shape index (κ3) is 4.86. The Morgan fingerprint density at radius 1 is 1.11 bits per heavy atom. The number of rotatable bonds is 8. The molecule has 0 bridgehead atoms. The van der Waals surface area contributed by atoms with Gasteiger partial charge in [0.05, 0.1) is 46.2 Å². The van der Waals surface area contributed by atoms with Crippen molar-refractivity contribution in [2.45, 2.75) is 19.9 Å². The number of morpholine rings is 1. The van der Waals surface area contributed by atoms with E-state index in [-0.39, 0.29) is 29.1 Å². The zero-order chi connectivity index (χ0) is 27.6. The Hall–Kier alpha value is -3.83. The van der Waals surface area contributed by atoms with Crippen LogP contribution in [0.3, 0.4) is 0 Å². The molecule has 2 N–H and O–H groups in total. The molecule has 0 radical (unpaired) electrons. The highest BCUT2D eigenvalue weighted by Gasteiger charge is 2.47. The Labute approximate surface area is 220 Å². The highest BCUT2D eigenvalue weighted by atomic mass is 16.5. The normalized spacial score (nSPS) is 19.6. The molecule has 11 heteroatoms. The number of likely N-dealkylation sites (tertiary alicyclic amines) is 1. The Morgan fingerprint density at radius 2 is 1.82 bits per heavy atom. The van der Waals surface area contributed by atoms with E-state index in [9.17, 15) is 19.5 Å². The van der Waals surface area contributed by atoms with Gasteiger partial charge in [-0.05, 0) is 37.6 Å². The fourth-order valence-electron chi connectivity index (χ4n) is 5.11. The van der Waals surface area contributed by atoms with Crippen LogP contribution in [0.5, 0.6) is 11.5 Å². The van der Waals surface area contributed by atoms with Crippen LogP contribution in [0.25, 0.3) is 5.76 Å². The van der Waals surface area contributed by atoms with Gasteiger partial charge in [-0.25, -0.2) is 4.79 Å². The van der Waals surface area contributed by atoms with Crippen molar-refractivity contribution in [1.82, 2.24) is 14.8 Å². The molecule has 204 valence electrons. The Morgan fingerprint density at radius 3 is 2.45 bits per heavy atom. The summed E-state index contributed by atoms with van der Waals surface area (Å²) in [5, 5.41) is 11.6. The number of aliphatic hydroxyl groups excluding tert-OH is 1. The average molecular weight is 528 g/mol. The van der Waals surface area contributed by atoms with Gasteiger partial charge in [-0.2, -0.15) is 0 Å². The number of esters is 1. The number of hydrogen-bond acceptors (Lipinski definition) is 9. The van der Waals surface area contributed by atoms with Crippen LogP contribution in [0, 0.1) is 13.8 Å². The molecule has 0 saturated carbocycles. The molecule has 38 heavy (non-hydrogen) atoms. The molecule has 2 aromatic rings. The van der Waals surface area contributed by atoms with E-state index >= 15 is 0 Å². The lowest BCUT2D eigenvalue weighted by Gasteiger charge is -2.31. The third-order valence-electron chi connectivity index (χ3n) is 7.10. The first-order chi connectivity index (χ1) is 18.2. The molecule has 2 aliphatic heterocycles. The number of carbonyl (C=O) groups is 3. The second-order valence-corrected chi connectivity index (χ2v) is 9.17. The fourth-order valence-corrected chi connectivity index (χ4v) is 5.11. The lowest BCUT2D eigenvalue weighted by Crippen LogP contribution is -2.42. The minimum atomic E-state index is -0.948. The smallest absolute Gasteiger partial charge is 0.354 e. The van der Waals surface area contributed by atoms with Gasteiger partial charge in [0.2, 0.25) is 0 Å². The first kappa shape index (κ1) is 27.2. The number of Topliss-reactive ketones (excluding diaryl/α,β-unsaturated/α-hetero) is 1. The molecule has 11 nitrogen and oxygen atoms in total. The fraction of sp³-hybridized carbons (Fsp3) is 0.444. The van der Waals surface area contributed by atoms with Crippen molar-refractivity contribution in [3.8, 4) is 11.5 Å². The number of benzene rings is 1. The number of amides is 1. The summed E-state index contributed by atoms with van der Waals surface area (Å²) in [6, 6.07) is 4.15. The molecule has 1 amide bonds. The van der Waals surface area contributed by atoms with E-state index < -0.39 is 23.7 Å². The second kappa shape index (κ2) is 11.3. The molecular weight excluding hydrogens is 494 g/mol. The van der Waals surface area contributed by atoms with Gasteiger partial charge >= 0.3 is 5.97 Å². The molecule has 2 aliphatic rings. The van der Waals surface area contributed by atoms with Crippen molar-refractivity contribution in [1.29, 1.82) is 0 Å². The molecule has 2 saturated heterocycles. The van der Waals surface area contributed by atoms with Gasteiger partial charge in [-0.1, -0.05) is 0 Å². The van der Waals surface area contributed by atoms with Crippen LogP contribution >= 0.6 is 0 Å². The molecule has 3 heterocycles. The van der Waals surface area contributed by atoms with Crippen LogP contribution in [0.15, 0.2) is 23.8 Å². The number of H-pyrrole nitrogens is 1. The lowest BCUT2D eigenvalue weighted by molar-refractivity contribution is -0.140. The molecule has 1 atom stereocenters. The van der Waals surface area contributed by atoms with Gasteiger partial charge in [0.25, 0.3) is 11.7 Å². The average Bonchev–Trinajstić information content (AvgIpc) is 3.37. The molecule has 4 rings (SSSR count). The number of aromatic nitrogens is 1. The number of hydrogen-bond donors (Lipinski definition) is 2. The number of aryl methyl sites for hydroxylation is 1. The quantitative estimate of drug-likeness (QED) is 0.230. The topological polar surface area (TPSA) is 131 Å². The molecule has 0 spiro atoms. The van der Waals surface area contributed by atoms with E-state index in [0.717, 1.165) is 13.1 Å². The van der Waals surface area contributed by atoms with Crippen molar-refractivity contribution in [2.24, 2.45) is 0 Å². The number of methoxy groups -OCH3 is 3. The molecule has 0 aliphatic carbocycles. The Bertz CT molecular complexity index is 1280. The maximum absolute atomic E-state index is 13.5. The van der Waals surface area contributed by atoms with E-state index in [4.69, 9.17) is 18.9 Å². The van der Waals surface area contributed by atoms with Crippen LogP contribution in [-0.4, -0.2) is 98.3 Å². The SMILES string of the molecule is COC(=O)c1[nH]c(C)c(/C(O)=C2\C(=O)C(=O)N(CCN3CCOCC3)C2c2cc(OC)ccc2OC)c1C. The second-order valence-electron chi connectivity index (χ2n) is 9.17. The van der Waals surface area contributed by atoms with Crippen LogP contribution in [0.1, 0.15) is 38.9 Å². The monoisotopic (exact) mass is 527 g/mol. The van der Waals surface area contributed by atoms with Crippen molar-refractivity contribution in [2.75, 3.05) is 60.7 Å². The summed E-state index contributed by atoms with van der Waals surface area (Å²) in [6.07, 6.45) is 0. The summed E-state index contributed by atoms with van der Waals surface area (Å²) in [6.45, 7) is 6.70. The summed E-state index contributed by atoms with van der Waals surface area (Å²) in [7, 11) is 4.27. The first-order valence-electron chi connectivity index (χ1n) is 12.3. The predicted octanol–water partition coefficient (Wildman–Crippen LogP) is 2.19. The number of carbonyl (C=O) groups excluding carboxylic acids is 3. The highest BCUT2D eigenvalue weighted by molar-refractivity contribution is 6.46. The number of nitrogens with zero attached hydrogens (tertiary/aromatic N) is 2. The van der Waals surface area contributed by atoms with Crippen LogP contribution < -0.4 is 9.47 Å². The summed E-state index contributed by atoms with van der Waals surface area (Å²) < 4.78 is 21.3. The summed E-state index contributed by atoms with van der Waals surface area (Å²) in [5.74, 6) is -1.61. The largest absolute Gasteiger partial charge is 0.507 e. The minimum absolute atomic E-state index is 0.0925. The minimum Gasteiger partial charge on any atom is -0.507 e. The van der Waals surface area contributed by atoms with Gasteiger partial charge < -0.3 is 33.9 Å². The van der Waals surface area contributed by atoms with Gasteiger partial charge in [-0.15, -0.1) is 0 Å². The van der Waals surface area contributed by atoms with Crippen molar-refractivity contribution in [3.05, 3.63) is 51.9 Å². The molecule has 1 unspecified atom stereocenters.